The number of nitrogens with one attached hydrogen (secondary N) is 1. The Morgan fingerprint density at radius 2 is 1.81 bits per heavy atom. The van der Waals surface area contributed by atoms with Crippen LogP contribution in [0.5, 0.6) is 11.5 Å². The summed E-state index contributed by atoms with van der Waals surface area (Å²) < 4.78 is 11.7. The highest BCUT2D eigenvalue weighted by Crippen LogP contribution is 2.22. The SMILES string of the molecule is CC[C@@H](Oc1cc(C)ccc1C)C(=O)NCCOc1cccc(C)c1C. The predicted molar refractivity (Wildman–Crippen MR) is 105 cm³/mol. The Hall–Kier alpha value is -2.49. The fourth-order valence-electron chi connectivity index (χ4n) is 2.64. The van der Waals surface area contributed by atoms with Gasteiger partial charge in [-0.25, -0.2) is 0 Å². The van der Waals surface area contributed by atoms with E-state index in [4.69, 9.17) is 9.47 Å². The van der Waals surface area contributed by atoms with Gasteiger partial charge < -0.3 is 14.8 Å². The average Bonchev–Trinajstić information content (AvgIpc) is 2.62. The number of ether oxygens (including phenoxy) is 2. The van der Waals surface area contributed by atoms with Crippen LogP contribution in [0, 0.1) is 27.7 Å². The molecule has 1 atom stereocenters. The molecule has 0 saturated heterocycles. The zero-order valence-corrected chi connectivity index (χ0v) is 16.4. The lowest BCUT2D eigenvalue weighted by atomic mass is 10.1. The van der Waals surface area contributed by atoms with E-state index in [2.05, 4.69) is 18.3 Å². The van der Waals surface area contributed by atoms with Crippen molar-refractivity contribution < 1.29 is 14.3 Å². The topological polar surface area (TPSA) is 47.6 Å². The predicted octanol–water partition coefficient (Wildman–Crippen LogP) is 4.27. The minimum atomic E-state index is -0.504. The number of aryl methyl sites for hydroxylation is 3. The molecule has 2 aromatic rings. The maximum absolute atomic E-state index is 12.4. The largest absolute Gasteiger partial charge is 0.491 e. The second-order valence-electron chi connectivity index (χ2n) is 6.62. The monoisotopic (exact) mass is 355 g/mol. The van der Waals surface area contributed by atoms with Gasteiger partial charge in [0.05, 0.1) is 6.54 Å². The first-order chi connectivity index (χ1) is 12.4. The minimum Gasteiger partial charge on any atom is -0.491 e. The Bertz CT molecular complexity index is 755. The average molecular weight is 355 g/mol. The molecular formula is C22H29NO3. The summed E-state index contributed by atoms with van der Waals surface area (Å²) in [4.78, 5) is 12.4. The quantitative estimate of drug-likeness (QED) is 0.719. The summed E-state index contributed by atoms with van der Waals surface area (Å²) in [6, 6.07) is 12.0. The van der Waals surface area contributed by atoms with Crippen molar-refractivity contribution >= 4 is 5.91 Å². The second-order valence-corrected chi connectivity index (χ2v) is 6.62. The molecule has 0 radical (unpaired) electrons. The van der Waals surface area contributed by atoms with Crippen molar-refractivity contribution in [1.29, 1.82) is 0 Å². The van der Waals surface area contributed by atoms with Crippen LogP contribution in [0.25, 0.3) is 0 Å². The summed E-state index contributed by atoms with van der Waals surface area (Å²) in [5, 5.41) is 2.90. The third-order valence-corrected chi connectivity index (χ3v) is 4.49. The maximum Gasteiger partial charge on any atom is 0.261 e. The van der Waals surface area contributed by atoms with Crippen LogP contribution in [0.15, 0.2) is 36.4 Å². The molecule has 26 heavy (non-hydrogen) atoms. The molecule has 2 aromatic carbocycles. The maximum atomic E-state index is 12.4. The van der Waals surface area contributed by atoms with E-state index in [1.807, 2.05) is 58.0 Å². The lowest BCUT2D eigenvalue weighted by molar-refractivity contribution is -0.128. The van der Waals surface area contributed by atoms with Crippen LogP contribution in [0.3, 0.4) is 0 Å². The van der Waals surface area contributed by atoms with Gasteiger partial charge in [0.25, 0.3) is 5.91 Å². The highest BCUT2D eigenvalue weighted by atomic mass is 16.5. The van der Waals surface area contributed by atoms with Crippen LogP contribution in [0.4, 0.5) is 0 Å². The molecule has 0 aliphatic heterocycles. The van der Waals surface area contributed by atoms with Crippen molar-refractivity contribution in [2.45, 2.75) is 47.1 Å². The van der Waals surface area contributed by atoms with E-state index in [0.717, 1.165) is 28.2 Å². The van der Waals surface area contributed by atoms with Crippen LogP contribution in [-0.2, 0) is 4.79 Å². The third kappa shape index (κ3) is 5.25. The number of amides is 1. The molecule has 0 spiro atoms. The van der Waals surface area contributed by atoms with E-state index in [1.54, 1.807) is 0 Å². The molecule has 0 saturated carbocycles. The van der Waals surface area contributed by atoms with Crippen molar-refractivity contribution in [2.24, 2.45) is 0 Å². The smallest absolute Gasteiger partial charge is 0.261 e. The van der Waals surface area contributed by atoms with Gasteiger partial charge in [0.2, 0.25) is 0 Å². The number of benzene rings is 2. The Balaban J connectivity index is 1.85. The first-order valence-electron chi connectivity index (χ1n) is 9.13. The molecule has 0 fully saturated rings. The molecule has 1 amide bonds. The van der Waals surface area contributed by atoms with E-state index in [-0.39, 0.29) is 5.91 Å². The van der Waals surface area contributed by atoms with E-state index >= 15 is 0 Å². The first kappa shape index (κ1) is 19.8. The summed E-state index contributed by atoms with van der Waals surface area (Å²) in [7, 11) is 0. The highest BCUT2D eigenvalue weighted by Gasteiger charge is 2.18. The number of hydrogen-bond acceptors (Lipinski definition) is 3. The van der Waals surface area contributed by atoms with Gasteiger partial charge in [-0.3, -0.25) is 4.79 Å². The summed E-state index contributed by atoms with van der Waals surface area (Å²) in [5.41, 5.74) is 4.46. The van der Waals surface area contributed by atoms with Crippen LogP contribution in [-0.4, -0.2) is 25.2 Å². The molecule has 140 valence electrons. The Morgan fingerprint density at radius 3 is 2.54 bits per heavy atom. The highest BCUT2D eigenvalue weighted by molar-refractivity contribution is 5.81. The standard InChI is InChI=1S/C22H29NO3/c1-6-19(26-21-14-15(2)10-11-17(21)4)22(24)23-12-13-25-20-9-7-8-16(3)18(20)5/h7-11,14,19H,6,12-13H2,1-5H3,(H,23,24)/t19-/m1/s1. The summed E-state index contributed by atoms with van der Waals surface area (Å²) >= 11 is 0. The lowest BCUT2D eigenvalue weighted by Gasteiger charge is -2.19. The molecule has 1 N–H and O–H groups in total. The Labute approximate surface area is 156 Å². The van der Waals surface area contributed by atoms with Gasteiger partial charge in [0.15, 0.2) is 6.10 Å². The molecule has 4 nitrogen and oxygen atoms in total. The summed E-state index contributed by atoms with van der Waals surface area (Å²) in [6.45, 7) is 10.9. The van der Waals surface area contributed by atoms with Crippen LogP contribution in [0.1, 0.15) is 35.6 Å². The van der Waals surface area contributed by atoms with Crippen molar-refractivity contribution in [1.82, 2.24) is 5.32 Å². The van der Waals surface area contributed by atoms with E-state index < -0.39 is 6.10 Å². The van der Waals surface area contributed by atoms with Gasteiger partial charge in [0, 0.05) is 0 Å². The van der Waals surface area contributed by atoms with Gasteiger partial charge in [0.1, 0.15) is 18.1 Å². The molecule has 0 aliphatic carbocycles. The summed E-state index contributed by atoms with van der Waals surface area (Å²) in [6.07, 6.45) is 0.105. The first-order valence-corrected chi connectivity index (χ1v) is 9.13. The fourth-order valence-corrected chi connectivity index (χ4v) is 2.64. The van der Waals surface area contributed by atoms with Gasteiger partial charge in [-0.05, 0) is 68.5 Å². The molecule has 0 aromatic heterocycles. The lowest BCUT2D eigenvalue weighted by Crippen LogP contribution is -2.39. The van der Waals surface area contributed by atoms with Crippen LogP contribution < -0.4 is 14.8 Å². The molecule has 4 heteroatoms. The van der Waals surface area contributed by atoms with Crippen molar-refractivity contribution in [3.8, 4) is 11.5 Å². The van der Waals surface area contributed by atoms with E-state index in [9.17, 15) is 4.79 Å². The minimum absolute atomic E-state index is 0.113. The molecular weight excluding hydrogens is 326 g/mol. The number of hydrogen-bond donors (Lipinski definition) is 1. The third-order valence-electron chi connectivity index (χ3n) is 4.49. The normalized spacial score (nSPS) is 11.7. The summed E-state index contributed by atoms with van der Waals surface area (Å²) in [5.74, 6) is 1.51. The number of carbonyl (C=O) groups is 1. The molecule has 2 rings (SSSR count). The molecule has 0 unspecified atom stereocenters. The van der Waals surface area contributed by atoms with Crippen LogP contribution >= 0.6 is 0 Å². The van der Waals surface area contributed by atoms with Gasteiger partial charge >= 0.3 is 0 Å². The van der Waals surface area contributed by atoms with Crippen molar-refractivity contribution in [3.63, 3.8) is 0 Å². The van der Waals surface area contributed by atoms with Crippen molar-refractivity contribution in [2.75, 3.05) is 13.2 Å². The van der Waals surface area contributed by atoms with Gasteiger partial charge in [-0.2, -0.15) is 0 Å². The number of carbonyl (C=O) groups excluding carboxylic acids is 1. The molecule has 0 bridgehead atoms. The molecule has 0 heterocycles. The zero-order valence-electron chi connectivity index (χ0n) is 16.4. The number of rotatable bonds is 8. The van der Waals surface area contributed by atoms with Gasteiger partial charge in [-0.15, -0.1) is 0 Å². The van der Waals surface area contributed by atoms with Crippen molar-refractivity contribution in [3.05, 3.63) is 58.7 Å². The fraction of sp³-hybridized carbons (Fsp3) is 0.409. The Kier molecular flexibility index (Phi) is 7.07. The van der Waals surface area contributed by atoms with Gasteiger partial charge in [-0.1, -0.05) is 31.2 Å². The van der Waals surface area contributed by atoms with E-state index in [1.165, 1.54) is 5.56 Å². The molecule has 0 aliphatic rings. The van der Waals surface area contributed by atoms with E-state index in [0.29, 0.717) is 19.6 Å². The second kappa shape index (κ2) is 9.27. The zero-order chi connectivity index (χ0) is 19.1. The Morgan fingerprint density at radius 1 is 1.04 bits per heavy atom. The van der Waals surface area contributed by atoms with Crippen LogP contribution in [0.2, 0.25) is 0 Å².